The molecule has 0 radical (unpaired) electrons. The van der Waals surface area contributed by atoms with Crippen molar-refractivity contribution in [3.05, 3.63) is 64.9 Å². The molecular weight excluding hydrogens is 523 g/mol. The van der Waals surface area contributed by atoms with Gasteiger partial charge in [-0.15, -0.1) is 24.0 Å². The van der Waals surface area contributed by atoms with E-state index in [-0.39, 0.29) is 30.0 Å². The summed E-state index contributed by atoms with van der Waals surface area (Å²) >= 11 is 6.04. The number of hydrogen-bond acceptors (Lipinski definition) is 4. The predicted octanol–water partition coefficient (Wildman–Crippen LogP) is 3.79. The van der Waals surface area contributed by atoms with Gasteiger partial charge in [-0.05, 0) is 56.8 Å². The molecule has 0 bridgehead atoms. The van der Waals surface area contributed by atoms with E-state index in [4.69, 9.17) is 11.6 Å². The summed E-state index contributed by atoms with van der Waals surface area (Å²) in [6, 6.07) is 14.8. The third kappa shape index (κ3) is 8.21. The number of hydrogen-bond donors (Lipinski definition) is 2. The van der Waals surface area contributed by atoms with Gasteiger partial charge in [0, 0.05) is 50.5 Å². The molecule has 2 heterocycles. The topological polar surface area (TPSA) is 55.8 Å². The van der Waals surface area contributed by atoms with Crippen LogP contribution in [0.1, 0.15) is 30.1 Å². The van der Waals surface area contributed by atoms with Crippen molar-refractivity contribution in [2.24, 2.45) is 4.99 Å². The van der Waals surface area contributed by atoms with Crippen molar-refractivity contribution < 1.29 is 0 Å². The Bertz CT molecular complexity index is 791. The third-order valence-electron chi connectivity index (χ3n) is 5.60. The van der Waals surface area contributed by atoms with Crippen LogP contribution in [0.25, 0.3) is 0 Å². The highest BCUT2D eigenvalue weighted by atomic mass is 127. The minimum Gasteiger partial charge on any atom is -0.354 e. The number of nitrogens with zero attached hydrogens (tertiary/aromatic N) is 4. The van der Waals surface area contributed by atoms with Crippen molar-refractivity contribution in [3.63, 3.8) is 0 Å². The minimum atomic E-state index is 0. The number of aliphatic imine (C=N–C) groups is 1. The molecule has 31 heavy (non-hydrogen) atoms. The Kier molecular flexibility index (Phi) is 11.0. The Morgan fingerprint density at radius 1 is 1.19 bits per heavy atom. The number of pyridine rings is 1. The molecule has 1 aliphatic rings. The van der Waals surface area contributed by atoms with Crippen LogP contribution in [-0.4, -0.2) is 67.6 Å². The van der Waals surface area contributed by atoms with Crippen LogP contribution in [0.5, 0.6) is 0 Å². The Labute approximate surface area is 208 Å². The van der Waals surface area contributed by atoms with Gasteiger partial charge in [0.25, 0.3) is 0 Å². The molecule has 1 fully saturated rings. The highest BCUT2D eigenvalue weighted by Crippen LogP contribution is 2.20. The number of rotatable bonds is 7. The second-order valence-electron chi connectivity index (χ2n) is 8.00. The lowest BCUT2D eigenvalue weighted by molar-refractivity contribution is 0.196. The Hall–Kier alpha value is -1.42. The number of nitrogens with one attached hydrogen (secondary N) is 2. The van der Waals surface area contributed by atoms with Gasteiger partial charge in [-0.3, -0.25) is 14.9 Å². The van der Waals surface area contributed by atoms with Crippen molar-refractivity contribution in [2.75, 3.05) is 40.8 Å². The van der Waals surface area contributed by atoms with Crippen LogP contribution in [0.2, 0.25) is 5.02 Å². The Morgan fingerprint density at radius 3 is 2.48 bits per heavy atom. The summed E-state index contributed by atoms with van der Waals surface area (Å²) in [7, 11) is 6.02. The maximum absolute atomic E-state index is 6.04. The molecule has 0 spiro atoms. The van der Waals surface area contributed by atoms with Crippen LogP contribution in [0.15, 0.2) is 53.7 Å². The zero-order valence-electron chi connectivity index (χ0n) is 18.6. The molecule has 8 heteroatoms. The molecule has 1 unspecified atom stereocenters. The van der Waals surface area contributed by atoms with Crippen LogP contribution >= 0.6 is 35.6 Å². The van der Waals surface area contributed by atoms with E-state index < -0.39 is 0 Å². The molecule has 170 valence electrons. The smallest absolute Gasteiger partial charge is 0.191 e. The molecule has 1 aromatic heterocycles. The van der Waals surface area contributed by atoms with Crippen LogP contribution in [0, 0.1) is 0 Å². The average molecular weight is 557 g/mol. The van der Waals surface area contributed by atoms with Crippen molar-refractivity contribution in [3.8, 4) is 0 Å². The van der Waals surface area contributed by atoms with E-state index >= 15 is 0 Å². The van der Waals surface area contributed by atoms with Gasteiger partial charge in [-0.2, -0.15) is 0 Å². The van der Waals surface area contributed by atoms with Crippen molar-refractivity contribution in [2.45, 2.75) is 31.5 Å². The standard InChI is InChI=1S/C23H33ClN6.HI/c1-25-23(27-16-22(29(2)3)18-7-9-19(24)10-8-18)28-20-11-14-30(15-12-20)17-21-6-4-5-13-26-21;/h4-10,13,20,22H,11-12,14-17H2,1-3H3,(H2,25,27,28);1H. The van der Waals surface area contributed by atoms with Crippen molar-refractivity contribution >= 4 is 41.5 Å². The highest BCUT2D eigenvalue weighted by molar-refractivity contribution is 14.0. The molecule has 6 nitrogen and oxygen atoms in total. The summed E-state index contributed by atoms with van der Waals surface area (Å²) in [5, 5.41) is 7.87. The molecule has 1 aromatic carbocycles. The number of likely N-dealkylation sites (N-methyl/N-ethyl adjacent to an activating group) is 1. The fourth-order valence-electron chi connectivity index (χ4n) is 3.82. The van der Waals surface area contributed by atoms with Crippen LogP contribution < -0.4 is 10.6 Å². The van der Waals surface area contributed by atoms with Gasteiger partial charge in [0.15, 0.2) is 5.96 Å². The lowest BCUT2D eigenvalue weighted by atomic mass is 10.0. The molecule has 2 N–H and O–H groups in total. The van der Waals surface area contributed by atoms with E-state index in [0.717, 1.165) is 55.7 Å². The van der Waals surface area contributed by atoms with E-state index in [2.05, 4.69) is 68.8 Å². The zero-order valence-corrected chi connectivity index (χ0v) is 21.7. The maximum Gasteiger partial charge on any atom is 0.191 e. The number of benzene rings is 1. The third-order valence-corrected chi connectivity index (χ3v) is 5.86. The van der Waals surface area contributed by atoms with Gasteiger partial charge in [0.2, 0.25) is 0 Å². The molecule has 1 saturated heterocycles. The van der Waals surface area contributed by atoms with Gasteiger partial charge >= 0.3 is 0 Å². The first-order valence-corrected chi connectivity index (χ1v) is 10.9. The number of likely N-dealkylation sites (tertiary alicyclic amines) is 1. The minimum absolute atomic E-state index is 0. The van der Waals surface area contributed by atoms with Gasteiger partial charge in [0.05, 0.1) is 11.7 Å². The molecular formula is C23H34ClIN6. The first-order chi connectivity index (χ1) is 14.5. The summed E-state index contributed by atoms with van der Waals surface area (Å²) in [6.45, 7) is 3.83. The van der Waals surface area contributed by atoms with E-state index in [9.17, 15) is 0 Å². The fraction of sp³-hybridized carbons (Fsp3) is 0.478. The Morgan fingerprint density at radius 2 is 1.90 bits per heavy atom. The maximum atomic E-state index is 6.04. The van der Waals surface area contributed by atoms with Gasteiger partial charge in [0.1, 0.15) is 0 Å². The van der Waals surface area contributed by atoms with E-state index in [1.807, 2.05) is 31.4 Å². The van der Waals surface area contributed by atoms with Gasteiger partial charge in [-0.1, -0.05) is 29.8 Å². The second kappa shape index (κ2) is 13.2. The molecule has 0 amide bonds. The van der Waals surface area contributed by atoms with Crippen molar-refractivity contribution in [1.82, 2.24) is 25.4 Å². The van der Waals surface area contributed by atoms with Crippen molar-refractivity contribution in [1.29, 1.82) is 0 Å². The summed E-state index contributed by atoms with van der Waals surface area (Å²) in [5.41, 5.74) is 2.37. The predicted molar refractivity (Wildman–Crippen MR) is 140 cm³/mol. The fourth-order valence-corrected chi connectivity index (χ4v) is 3.95. The van der Waals surface area contributed by atoms with Gasteiger partial charge in [-0.25, -0.2) is 0 Å². The summed E-state index contributed by atoms with van der Waals surface area (Å²) in [6.07, 6.45) is 4.06. The normalized spacial score (nSPS) is 16.6. The largest absolute Gasteiger partial charge is 0.354 e. The van der Waals surface area contributed by atoms with E-state index in [0.29, 0.717) is 6.04 Å². The summed E-state index contributed by atoms with van der Waals surface area (Å²) in [4.78, 5) is 13.6. The van der Waals surface area contributed by atoms with Crippen LogP contribution in [-0.2, 0) is 6.54 Å². The molecule has 0 saturated carbocycles. The number of aromatic nitrogens is 1. The molecule has 1 aliphatic heterocycles. The number of piperidine rings is 1. The molecule has 3 rings (SSSR count). The number of guanidine groups is 1. The molecule has 1 atom stereocenters. The first-order valence-electron chi connectivity index (χ1n) is 10.6. The van der Waals surface area contributed by atoms with Crippen LogP contribution in [0.3, 0.4) is 0 Å². The average Bonchev–Trinajstić information content (AvgIpc) is 2.76. The second-order valence-corrected chi connectivity index (χ2v) is 8.44. The summed E-state index contributed by atoms with van der Waals surface area (Å²) in [5.74, 6) is 0.860. The molecule has 0 aliphatic carbocycles. The summed E-state index contributed by atoms with van der Waals surface area (Å²) < 4.78 is 0. The zero-order chi connectivity index (χ0) is 21.3. The lowest BCUT2D eigenvalue weighted by Crippen LogP contribution is -2.49. The lowest BCUT2D eigenvalue weighted by Gasteiger charge is -2.33. The quantitative estimate of drug-likeness (QED) is 0.309. The van der Waals surface area contributed by atoms with Crippen LogP contribution in [0.4, 0.5) is 0 Å². The van der Waals surface area contributed by atoms with Gasteiger partial charge < -0.3 is 15.5 Å². The monoisotopic (exact) mass is 556 g/mol. The molecule has 2 aromatic rings. The van der Waals surface area contributed by atoms with E-state index in [1.165, 1.54) is 5.56 Å². The number of halogens is 2. The van der Waals surface area contributed by atoms with E-state index in [1.54, 1.807) is 0 Å². The highest BCUT2D eigenvalue weighted by Gasteiger charge is 2.21. The SMILES string of the molecule is CN=C(NCC(c1ccc(Cl)cc1)N(C)C)NC1CCN(Cc2ccccn2)CC1.I. The Balaban J connectivity index is 0.00000341. The first kappa shape index (κ1) is 25.8.